The van der Waals surface area contributed by atoms with Crippen molar-refractivity contribution in [3.05, 3.63) is 29.7 Å². The van der Waals surface area contributed by atoms with E-state index in [2.05, 4.69) is 21.0 Å². The number of carbonyl (C=O) groups is 2. The average Bonchev–Trinajstić information content (AvgIpc) is 3.28. The number of likely N-dealkylation sites (tertiary alicyclic amines) is 1. The third kappa shape index (κ3) is 4.17. The molecule has 0 radical (unpaired) electrons. The lowest BCUT2D eigenvalue weighted by Crippen LogP contribution is -2.65. The molecule has 0 aromatic carbocycles. The normalized spacial score (nSPS) is 17.3. The van der Waals surface area contributed by atoms with Crippen molar-refractivity contribution in [2.24, 2.45) is 0 Å². The quantitative estimate of drug-likeness (QED) is 0.759. The summed E-state index contributed by atoms with van der Waals surface area (Å²) in [5.74, 6) is -0.310. The Labute approximate surface area is 175 Å². The fraction of sp³-hybridized carbons (Fsp3) is 0.474. The molecular weight excluding hydrogens is 419 g/mol. The van der Waals surface area contributed by atoms with Crippen LogP contribution in [0.5, 0.6) is 0 Å². The van der Waals surface area contributed by atoms with Gasteiger partial charge < -0.3 is 4.90 Å². The van der Waals surface area contributed by atoms with Gasteiger partial charge in [0.1, 0.15) is 11.5 Å². The minimum atomic E-state index is -4.45. The van der Waals surface area contributed by atoms with Gasteiger partial charge in [-0.05, 0) is 51.3 Å². The topological polar surface area (TPSA) is 103 Å². The number of urea groups is 1. The molecule has 7 nitrogen and oxygen atoms in total. The monoisotopic (exact) mass is 442 g/mol. The van der Waals surface area contributed by atoms with Crippen LogP contribution in [-0.4, -0.2) is 45.6 Å². The molecule has 162 valence electrons. The number of anilines is 1. The van der Waals surface area contributed by atoms with Crippen LogP contribution in [0.1, 0.15) is 38.1 Å². The number of alkyl halides is 3. The van der Waals surface area contributed by atoms with E-state index in [1.165, 1.54) is 17.2 Å². The highest BCUT2D eigenvalue weighted by molar-refractivity contribution is 7.19. The van der Waals surface area contributed by atoms with Gasteiger partial charge in [0.2, 0.25) is 0 Å². The number of amides is 3. The summed E-state index contributed by atoms with van der Waals surface area (Å²) in [5, 5.41) is 3.00. The molecule has 4 N–H and O–H groups in total. The van der Waals surface area contributed by atoms with Crippen LogP contribution in [0.4, 0.5) is 23.1 Å². The van der Waals surface area contributed by atoms with Crippen LogP contribution in [-0.2, 0) is 10.2 Å². The number of nitrogens with zero attached hydrogens (tertiary/aromatic N) is 3. The zero-order valence-electron chi connectivity index (χ0n) is 16.8. The summed E-state index contributed by atoms with van der Waals surface area (Å²) in [7, 11) is 0. The van der Waals surface area contributed by atoms with Gasteiger partial charge in [-0.2, -0.15) is 13.2 Å². The van der Waals surface area contributed by atoms with Gasteiger partial charge in [0.15, 0.2) is 5.13 Å². The molecule has 11 heteroatoms. The zero-order valence-corrected chi connectivity index (χ0v) is 17.7. The van der Waals surface area contributed by atoms with Gasteiger partial charge in [-0.25, -0.2) is 14.6 Å². The zero-order chi connectivity index (χ0) is 22.3. The van der Waals surface area contributed by atoms with Crippen LogP contribution in [0, 0.1) is 6.92 Å². The summed E-state index contributed by atoms with van der Waals surface area (Å²) < 4.78 is 40.2. The van der Waals surface area contributed by atoms with E-state index in [-0.39, 0.29) is 11.6 Å². The van der Waals surface area contributed by atoms with Crippen molar-refractivity contribution in [1.29, 1.82) is 0 Å². The number of aromatic nitrogens is 2. The Morgan fingerprint density at radius 2 is 2.03 bits per heavy atom. The molecule has 3 amide bonds. The Kier molecular flexibility index (Phi) is 5.87. The van der Waals surface area contributed by atoms with Crippen molar-refractivity contribution in [2.45, 2.75) is 51.2 Å². The standard InChI is InChI=1S/C19H22F3N5O2S/c1-10-14(11-6-7-24-13(9-11)18(2,3)19(20,21)22)30-16(25-10)26-17(29)27-8-4-5-12(27)15(23)28/h6-7,9,12H,4-5,8H2,1-3H3,(H2,23,28)(H,25,26,29)/p+1. The van der Waals surface area contributed by atoms with E-state index in [0.29, 0.717) is 34.2 Å². The predicted molar refractivity (Wildman–Crippen MR) is 106 cm³/mol. The molecule has 3 rings (SSSR count). The van der Waals surface area contributed by atoms with Gasteiger partial charge in [0.05, 0.1) is 16.3 Å². The molecule has 1 aliphatic heterocycles. The number of nitrogens with one attached hydrogen (secondary N) is 1. The summed E-state index contributed by atoms with van der Waals surface area (Å²) in [6, 6.07) is 2.03. The molecule has 0 aliphatic carbocycles. The number of rotatable bonds is 4. The van der Waals surface area contributed by atoms with Gasteiger partial charge in [-0.1, -0.05) is 11.3 Å². The number of thiazole rings is 1. The van der Waals surface area contributed by atoms with Crippen molar-refractivity contribution in [3.8, 4) is 10.4 Å². The molecule has 2 aromatic heterocycles. The highest BCUT2D eigenvalue weighted by Crippen LogP contribution is 2.41. The van der Waals surface area contributed by atoms with Crippen molar-refractivity contribution >= 4 is 28.4 Å². The number of quaternary nitrogens is 1. The Morgan fingerprint density at radius 1 is 1.33 bits per heavy atom. The van der Waals surface area contributed by atoms with E-state index in [1.807, 2.05) is 0 Å². The third-order valence-electron chi connectivity index (χ3n) is 5.27. The Bertz CT molecular complexity index is 973. The first-order chi connectivity index (χ1) is 13.9. The summed E-state index contributed by atoms with van der Waals surface area (Å²) in [5.41, 5.74) is 2.31. The fourth-order valence-electron chi connectivity index (χ4n) is 3.28. The first-order valence-corrected chi connectivity index (χ1v) is 10.2. The maximum absolute atomic E-state index is 13.4. The Hall–Kier alpha value is -2.53. The molecule has 1 aliphatic rings. The lowest BCUT2D eigenvalue weighted by Gasteiger charge is -2.27. The highest BCUT2D eigenvalue weighted by atomic mass is 32.1. The second kappa shape index (κ2) is 7.95. The number of halogens is 3. The lowest BCUT2D eigenvalue weighted by molar-refractivity contribution is -0.310. The minimum Gasteiger partial charge on any atom is -0.308 e. The van der Waals surface area contributed by atoms with Gasteiger partial charge >= 0.3 is 18.1 Å². The molecule has 30 heavy (non-hydrogen) atoms. The van der Waals surface area contributed by atoms with Crippen molar-refractivity contribution in [3.63, 3.8) is 0 Å². The first kappa shape index (κ1) is 22.2. The van der Waals surface area contributed by atoms with E-state index < -0.39 is 23.7 Å². The summed E-state index contributed by atoms with van der Waals surface area (Å²) in [6.45, 7) is 4.34. The summed E-state index contributed by atoms with van der Waals surface area (Å²) in [4.78, 5) is 34.5. The highest BCUT2D eigenvalue weighted by Gasteiger charge is 2.49. The fourth-order valence-corrected chi connectivity index (χ4v) is 4.24. The number of hydrogen-bond donors (Lipinski definition) is 2. The lowest BCUT2D eigenvalue weighted by atomic mass is 9.87. The van der Waals surface area contributed by atoms with Crippen molar-refractivity contribution in [2.75, 3.05) is 11.9 Å². The minimum absolute atomic E-state index is 0.0975. The molecule has 3 heterocycles. The number of hydrogen-bond acceptors (Lipinski definition) is 5. The summed E-state index contributed by atoms with van der Waals surface area (Å²) >= 11 is 1.16. The largest absolute Gasteiger partial charge is 0.399 e. The molecule has 1 saturated heterocycles. The molecule has 1 fully saturated rings. The summed E-state index contributed by atoms with van der Waals surface area (Å²) in [6.07, 6.45) is -1.81. The van der Waals surface area contributed by atoms with Gasteiger partial charge in [0, 0.05) is 12.7 Å². The molecule has 0 bridgehead atoms. The van der Waals surface area contributed by atoms with Crippen LogP contribution >= 0.6 is 11.3 Å². The second-order valence-corrected chi connectivity index (χ2v) is 8.73. The number of aryl methyl sites for hydroxylation is 1. The predicted octanol–water partition coefficient (Wildman–Crippen LogP) is 3.12. The van der Waals surface area contributed by atoms with E-state index >= 15 is 0 Å². The molecule has 0 saturated carbocycles. The van der Waals surface area contributed by atoms with E-state index in [4.69, 9.17) is 0 Å². The SMILES string of the molecule is Cc1nc(NC(=O)N2CCCC2C([NH3+])=O)sc1-c1ccnc(C(C)(C)C(F)(F)F)c1. The van der Waals surface area contributed by atoms with Gasteiger partial charge in [-0.15, -0.1) is 0 Å². The number of pyridine rings is 1. The van der Waals surface area contributed by atoms with Crippen LogP contribution in [0.25, 0.3) is 10.4 Å². The van der Waals surface area contributed by atoms with Crippen molar-refractivity contribution in [1.82, 2.24) is 14.9 Å². The van der Waals surface area contributed by atoms with Crippen LogP contribution in [0.3, 0.4) is 0 Å². The van der Waals surface area contributed by atoms with Gasteiger partial charge in [-0.3, -0.25) is 16.0 Å². The van der Waals surface area contributed by atoms with E-state index in [1.54, 1.807) is 13.0 Å². The number of carbonyl (C=O) groups excluding carboxylic acids is 2. The Balaban J connectivity index is 1.84. The van der Waals surface area contributed by atoms with Crippen LogP contribution in [0.2, 0.25) is 0 Å². The van der Waals surface area contributed by atoms with Gasteiger partial charge in [0.25, 0.3) is 0 Å². The van der Waals surface area contributed by atoms with E-state index in [0.717, 1.165) is 31.6 Å². The van der Waals surface area contributed by atoms with Crippen LogP contribution < -0.4 is 11.1 Å². The maximum atomic E-state index is 13.4. The molecule has 2 aromatic rings. The maximum Gasteiger partial charge on any atom is 0.399 e. The van der Waals surface area contributed by atoms with E-state index in [9.17, 15) is 22.8 Å². The smallest absolute Gasteiger partial charge is 0.308 e. The Morgan fingerprint density at radius 3 is 2.67 bits per heavy atom. The first-order valence-electron chi connectivity index (χ1n) is 9.36. The second-order valence-electron chi connectivity index (χ2n) is 7.73. The van der Waals surface area contributed by atoms with Crippen LogP contribution in [0.15, 0.2) is 18.3 Å². The van der Waals surface area contributed by atoms with Crippen molar-refractivity contribution < 1.29 is 28.5 Å². The molecular formula is C19H23F3N5O2S+. The molecule has 1 unspecified atom stereocenters. The average molecular weight is 442 g/mol. The molecule has 1 atom stereocenters. The molecule has 0 spiro atoms. The third-order valence-corrected chi connectivity index (χ3v) is 6.39.